The Labute approximate surface area is 89.3 Å². The zero-order chi connectivity index (χ0) is 10.3. The molecule has 0 bridgehead atoms. The van der Waals surface area contributed by atoms with Crippen molar-refractivity contribution in [1.82, 2.24) is 0 Å². The van der Waals surface area contributed by atoms with Crippen LogP contribution in [0.25, 0.3) is 0 Å². The number of fused-ring (bicyclic) bond motifs is 1. The monoisotopic (exact) mass is 206 g/mol. The number of benzene rings is 1. The molecule has 1 unspecified atom stereocenters. The number of rotatable bonds is 1. The van der Waals surface area contributed by atoms with Gasteiger partial charge in [-0.25, -0.2) is 0 Å². The maximum Gasteiger partial charge on any atom is -0.0213 e. The van der Waals surface area contributed by atoms with Gasteiger partial charge in [0.25, 0.3) is 0 Å². The standard InChI is InChI=1S/C13H19P/c1-8(2)13-9(3)7-12(14)10-5-4-6-11(10)13/h7-8H,4-6,14H2,1-3H3. The second-order valence-corrected chi connectivity index (χ2v) is 5.28. The molecule has 0 radical (unpaired) electrons. The normalized spacial score (nSPS) is 14.9. The molecule has 1 aliphatic carbocycles. The first-order chi connectivity index (χ1) is 6.61. The lowest BCUT2D eigenvalue weighted by Gasteiger charge is -2.17. The molecule has 1 atom stereocenters. The first-order valence-electron chi connectivity index (χ1n) is 5.52. The molecule has 1 heteroatoms. The summed E-state index contributed by atoms with van der Waals surface area (Å²) in [4.78, 5) is 0. The number of hydrogen-bond acceptors (Lipinski definition) is 0. The van der Waals surface area contributed by atoms with Crippen LogP contribution in [0.3, 0.4) is 0 Å². The fourth-order valence-corrected chi connectivity index (χ4v) is 3.37. The molecule has 2 rings (SSSR count). The first-order valence-corrected chi connectivity index (χ1v) is 6.09. The van der Waals surface area contributed by atoms with Gasteiger partial charge in [0.2, 0.25) is 0 Å². The SMILES string of the molecule is Cc1cc(P)c2c(c1C(C)C)CCC2. The van der Waals surface area contributed by atoms with Crippen molar-refractivity contribution >= 4 is 14.5 Å². The van der Waals surface area contributed by atoms with Crippen molar-refractivity contribution in [3.63, 3.8) is 0 Å². The van der Waals surface area contributed by atoms with E-state index in [2.05, 4.69) is 36.1 Å². The quantitative estimate of drug-likeness (QED) is 0.619. The van der Waals surface area contributed by atoms with Gasteiger partial charge in [0, 0.05) is 0 Å². The molecular weight excluding hydrogens is 187 g/mol. The van der Waals surface area contributed by atoms with Crippen molar-refractivity contribution < 1.29 is 0 Å². The van der Waals surface area contributed by atoms with Crippen molar-refractivity contribution in [3.8, 4) is 0 Å². The van der Waals surface area contributed by atoms with Crippen LogP contribution in [0.4, 0.5) is 0 Å². The zero-order valence-corrected chi connectivity index (χ0v) is 10.5. The first kappa shape index (κ1) is 10.2. The fraction of sp³-hybridized carbons (Fsp3) is 0.538. The van der Waals surface area contributed by atoms with Gasteiger partial charge in [-0.05, 0) is 59.7 Å². The summed E-state index contributed by atoms with van der Waals surface area (Å²) in [7, 11) is 2.89. The van der Waals surface area contributed by atoms with Gasteiger partial charge >= 0.3 is 0 Å². The topological polar surface area (TPSA) is 0 Å². The molecule has 0 aliphatic heterocycles. The second-order valence-electron chi connectivity index (χ2n) is 4.66. The molecule has 0 aromatic heterocycles. The Morgan fingerprint density at radius 1 is 1.21 bits per heavy atom. The largest absolute Gasteiger partial charge is 0.105 e. The van der Waals surface area contributed by atoms with E-state index >= 15 is 0 Å². The average Bonchev–Trinajstić information content (AvgIpc) is 2.51. The molecule has 0 nitrogen and oxygen atoms in total. The second kappa shape index (κ2) is 3.66. The summed E-state index contributed by atoms with van der Waals surface area (Å²) < 4.78 is 0. The summed E-state index contributed by atoms with van der Waals surface area (Å²) >= 11 is 0. The van der Waals surface area contributed by atoms with E-state index < -0.39 is 0 Å². The zero-order valence-electron chi connectivity index (χ0n) is 9.35. The van der Waals surface area contributed by atoms with Crippen LogP contribution >= 0.6 is 9.24 Å². The summed E-state index contributed by atoms with van der Waals surface area (Å²) in [6, 6.07) is 2.34. The third-order valence-corrected chi connectivity index (χ3v) is 3.78. The lowest BCUT2D eigenvalue weighted by atomic mass is 9.90. The van der Waals surface area contributed by atoms with Crippen molar-refractivity contribution in [2.24, 2.45) is 0 Å². The summed E-state index contributed by atoms with van der Waals surface area (Å²) in [5.41, 5.74) is 6.36. The predicted octanol–water partition coefficient (Wildman–Crippen LogP) is 3.11. The highest BCUT2D eigenvalue weighted by atomic mass is 31.0. The third-order valence-electron chi connectivity index (χ3n) is 3.27. The Morgan fingerprint density at radius 2 is 1.86 bits per heavy atom. The summed E-state index contributed by atoms with van der Waals surface area (Å²) in [6.45, 7) is 6.87. The van der Waals surface area contributed by atoms with Gasteiger partial charge in [0.15, 0.2) is 0 Å². The minimum absolute atomic E-state index is 0.674. The molecule has 0 N–H and O–H groups in total. The van der Waals surface area contributed by atoms with Gasteiger partial charge in [0.05, 0.1) is 0 Å². The van der Waals surface area contributed by atoms with Crippen LogP contribution in [0, 0.1) is 6.92 Å². The van der Waals surface area contributed by atoms with E-state index in [9.17, 15) is 0 Å². The van der Waals surface area contributed by atoms with Crippen molar-refractivity contribution in [1.29, 1.82) is 0 Å². The Morgan fingerprint density at radius 3 is 2.50 bits per heavy atom. The number of aryl methyl sites for hydroxylation is 1. The molecule has 1 aromatic rings. The highest BCUT2D eigenvalue weighted by Crippen LogP contribution is 2.32. The van der Waals surface area contributed by atoms with Crippen LogP contribution in [0.15, 0.2) is 6.07 Å². The van der Waals surface area contributed by atoms with Gasteiger partial charge < -0.3 is 0 Å². The minimum Gasteiger partial charge on any atom is -0.105 e. The van der Waals surface area contributed by atoms with Crippen molar-refractivity contribution in [2.45, 2.75) is 46.0 Å². The van der Waals surface area contributed by atoms with Gasteiger partial charge in [0.1, 0.15) is 0 Å². The van der Waals surface area contributed by atoms with E-state index in [1.807, 2.05) is 0 Å². The molecule has 76 valence electrons. The van der Waals surface area contributed by atoms with Gasteiger partial charge in [-0.3, -0.25) is 0 Å². The highest BCUT2D eigenvalue weighted by Gasteiger charge is 2.20. The van der Waals surface area contributed by atoms with Crippen LogP contribution in [0.2, 0.25) is 0 Å². The Hall–Kier alpha value is -0.350. The molecule has 0 spiro atoms. The average molecular weight is 206 g/mol. The summed E-state index contributed by atoms with van der Waals surface area (Å²) in [6.07, 6.45) is 3.93. The Balaban J connectivity index is 2.66. The Kier molecular flexibility index (Phi) is 2.66. The smallest absolute Gasteiger partial charge is 0.0213 e. The van der Waals surface area contributed by atoms with E-state index in [0.29, 0.717) is 5.92 Å². The van der Waals surface area contributed by atoms with Crippen LogP contribution < -0.4 is 5.30 Å². The van der Waals surface area contributed by atoms with Crippen molar-refractivity contribution in [3.05, 3.63) is 28.3 Å². The van der Waals surface area contributed by atoms with E-state index in [0.717, 1.165) is 0 Å². The molecule has 1 aliphatic rings. The lowest BCUT2D eigenvalue weighted by molar-refractivity contribution is 0.830. The minimum atomic E-state index is 0.674. The van der Waals surface area contributed by atoms with Crippen LogP contribution in [-0.2, 0) is 12.8 Å². The molecule has 0 fully saturated rings. The number of hydrogen-bond donors (Lipinski definition) is 0. The summed E-state index contributed by atoms with van der Waals surface area (Å²) in [5, 5.41) is 1.43. The van der Waals surface area contributed by atoms with Gasteiger partial charge in [-0.15, -0.1) is 9.24 Å². The molecule has 0 saturated carbocycles. The molecule has 0 saturated heterocycles. The van der Waals surface area contributed by atoms with Crippen molar-refractivity contribution in [2.75, 3.05) is 0 Å². The van der Waals surface area contributed by atoms with Crippen LogP contribution in [-0.4, -0.2) is 0 Å². The van der Waals surface area contributed by atoms with Gasteiger partial charge in [-0.1, -0.05) is 19.9 Å². The maximum atomic E-state index is 2.89. The predicted molar refractivity (Wildman–Crippen MR) is 66.6 cm³/mol. The van der Waals surface area contributed by atoms with Gasteiger partial charge in [-0.2, -0.15) is 0 Å². The highest BCUT2D eigenvalue weighted by molar-refractivity contribution is 7.27. The van der Waals surface area contributed by atoms with Crippen LogP contribution in [0.1, 0.15) is 48.4 Å². The van der Waals surface area contributed by atoms with E-state index in [1.54, 1.807) is 16.7 Å². The summed E-state index contributed by atoms with van der Waals surface area (Å²) in [5.74, 6) is 0.674. The lowest BCUT2D eigenvalue weighted by Crippen LogP contribution is -2.08. The maximum absolute atomic E-state index is 2.89. The molecule has 0 amide bonds. The molecule has 0 heterocycles. The Bertz CT molecular complexity index is 364. The molecule has 14 heavy (non-hydrogen) atoms. The van der Waals surface area contributed by atoms with E-state index in [4.69, 9.17) is 0 Å². The van der Waals surface area contributed by atoms with E-state index in [1.165, 1.54) is 30.1 Å². The van der Waals surface area contributed by atoms with E-state index in [-0.39, 0.29) is 0 Å². The molecular formula is C13H19P. The molecule has 1 aromatic carbocycles. The van der Waals surface area contributed by atoms with Crippen LogP contribution in [0.5, 0.6) is 0 Å². The third kappa shape index (κ3) is 1.50. The fourth-order valence-electron chi connectivity index (χ4n) is 2.80.